The first kappa shape index (κ1) is 18.5. The van der Waals surface area contributed by atoms with Crippen LogP contribution < -0.4 is 9.47 Å². The van der Waals surface area contributed by atoms with Gasteiger partial charge in [-0.1, -0.05) is 42.5 Å². The van der Waals surface area contributed by atoms with Gasteiger partial charge in [0.2, 0.25) is 0 Å². The first-order valence-electron chi connectivity index (χ1n) is 9.18. The van der Waals surface area contributed by atoms with Crippen LogP contribution in [-0.4, -0.2) is 30.0 Å². The standard InChI is InChI=1S/C24H20N2O3/c1-28-18-12-13-22(29-2)17(14-18)15-19(23(27)16-8-4-3-5-9-16)24-25-20-10-6-7-11-21(20)26-24/h3-15H,1-2H3,(H,25,26)/b19-15-. The molecule has 0 bridgehead atoms. The van der Waals surface area contributed by atoms with E-state index >= 15 is 0 Å². The molecule has 4 rings (SSSR count). The molecular weight excluding hydrogens is 364 g/mol. The van der Waals surface area contributed by atoms with Crippen LogP contribution in [-0.2, 0) is 0 Å². The first-order chi connectivity index (χ1) is 14.2. The zero-order chi connectivity index (χ0) is 20.2. The van der Waals surface area contributed by atoms with Gasteiger partial charge in [-0.15, -0.1) is 0 Å². The van der Waals surface area contributed by atoms with E-state index in [1.165, 1.54) is 0 Å². The number of aromatic nitrogens is 2. The highest BCUT2D eigenvalue weighted by Gasteiger charge is 2.19. The molecule has 29 heavy (non-hydrogen) atoms. The number of ketones is 1. The average molecular weight is 384 g/mol. The molecular formula is C24H20N2O3. The van der Waals surface area contributed by atoms with E-state index in [4.69, 9.17) is 9.47 Å². The molecule has 3 aromatic carbocycles. The van der Waals surface area contributed by atoms with Crippen molar-refractivity contribution < 1.29 is 14.3 Å². The van der Waals surface area contributed by atoms with Crippen LogP contribution in [0.3, 0.4) is 0 Å². The van der Waals surface area contributed by atoms with Crippen LogP contribution in [0.15, 0.2) is 72.8 Å². The number of allylic oxidation sites excluding steroid dienone is 1. The Morgan fingerprint density at radius 1 is 0.931 bits per heavy atom. The maximum Gasteiger partial charge on any atom is 0.196 e. The Morgan fingerprint density at radius 2 is 1.69 bits per heavy atom. The third-order valence-corrected chi connectivity index (χ3v) is 4.66. The van der Waals surface area contributed by atoms with Gasteiger partial charge in [0.25, 0.3) is 0 Å². The highest BCUT2D eigenvalue weighted by atomic mass is 16.5. The Hall–Kier alpha value is -3.86. The van der Waals surface area contributed by atoms with Crippen molar-refractivity contribution in [3.8, 4) is 11.5 Å². The minimum atomic E-state index is -0.130. The number of nitrogens with zero attached hydrogens (tertiary/aromatic N) is 1. The van der Waals surface area contributed by atoms with Crippen molar-refractivity contribution in [2.24, 2.45) is 0 Å². The second-order valence-corrected chi connectivity index (χ2v) is 6.46. The molecule has 0 saturated carbocycles. The number of imidazole rings is 1. The number of nitrogens with one attached hydrogen (secondary N) is 1. The van der Waals surface area contributed by atoms with Crippen molar-refractivity contribution in [2.45, 2.75) is 0 Å². The van der Waals surface area contributed by atoms with Crippen LogP contribution in [0.4, 0.5) is 0 Å². The highest BCUT2D eigenvalue weighted by Crippen LogP contribution is 2.30. The van der Waals surface area contributed by atoms with Crippen LogP contribution in [0.5, 0.6) is 11.5 Å². The number of rotatable bonds is 6. The molecule has 4 aromatic rings. The van der Waals surface area contributed by atoms with Gasteiger partial charge < -0.3 is 14.5 Å². The molecule has 0 aliphatic heterocycles. The van der Waals surface area contributed by atoms with E-state index in [-0.39, 0.29) is 5.78 Å². The lowest BCUT2D eigenvalue weighted by atomic mass is 10.00. The lowest BCUT2D eigenvalue weighted by Crippen LogP contribution is -2.04. The summed E-state index contributed by atoms with van der Waals surface area (Å²) in [4.78, 5) is 21.3. The fraction of sp³-hybridized carbons (Fsp3) is 0.0833. The minimum absolute atomic E-state index is 0.130. The quantitative estimate of drug-likeness (QED) is 0.375. The number of fused-ring (bicyclic) bond motifs is 1. The Morgan fingerprint density at radius 3 is 2.41 bits per heavy atom. The molecule has 0 radical (unpaired) electrons. The first-order valence-corrected chi connectivity index (χ1v) is 9.18. The minimum Gasteiger partial charge on any atom is -0.497 e. The summed E-state index contributed by atoms with van der Waals surface area (Å²) in [5.74, 6) is 1.69. The van der Waals surface area contributed by atoms with Gasteiger partial charge in [0.05, 0.1) is 30.8 Å². The van der Waals surface area contributed by atoms with Crippen LogP contribution in [0.2, 0.25) is 0 Å². The number of aromatic amines is 1. The second kappa shape index (κ2) is 8.02. The summed E-state index contributed by atoms with van der Waals surface area (Å²) in [7, 11) is 3.20. The zero-order valence-electron chi connectivity index (χ0n) is 16.2. The monoisotopic (exact) mass is 384 g/mol. The molecule has 0 atom stereocenters. The Balaban J connectivity index is 1.91. The Kier molecular flexibility index (Phi) is 5.12. The van der Waals surface area contributed by atoms with E-state index in [1.807, 2.05) is 60.7 Å². The number of H-pyrrole nitrogens is 1. The van der Waals surface area contributed by atoms with Gasteiger partial charge in [0.1, 0.15) is 17.3 Å². The number of ether oxygens (including phenoxy) is 2. The van der Waals surface area contributed by atoms with Crippen LogP contribution in [0.1, 0.15) is 21.7 Å². The molecule has 0 saturated heterocycles. The van der Waals surface area contributed by atoms with E-state index < -0.39 is 0 Å². The zero-order valence-corrected chi connectivity index (χ0v) is 16.2. The summed E-state index contributed by atoms with van der Waals surface area (Å²) in [6.07, 6.45) is 1.79. The third kappa shape index (κ3) is 3.75. The summed E-state index contributed by atoms with van der Waals surface area (Å²) in [6.45, 7) is 0. The predicted molar refractivity (Wildman–Crippen MR) is 114 cm³/mol. The van der Waals surface area contributed by atoms with Gasteiger partial charge >= 0.3 is 0 Å². The number of hydrogen-bond donors (Lipinski definition) is 1. The molecule has 1 heterocycles. The predicted octanol–water partition coefficient (Wildman–Crippen LogP) is 5.00. The van der Waals surface area contributed by atoms with E-state index in [1.54, 1.807) is 32.4 Å². The van der Waals surface area contributed by atoms with E-state index in [9.17, 15) is 4.79 Å². The van der Waals surface area contributed by atoms with Gasteiger partial charge in [0.15, 0.2) is 5.78 Å². The lowest BCUT2D eigenvalue weighted by molar-refractivity contribution is 0.105. The Bertz CT molecular complexity index is 1160. The van der Waals surface area contributed by atoms with Crippen molar-refractivity contribution in [2.75, 3.05) is 14.2 Å². The van der Waals surface area contributed by atoms with Crippen molar-refractivity contribution in [1.29, 1.82) is 0 Å². The van der Waals surface area contributed by atoms with Gasteiger partial charge in [-0.2, -0.15) is 0 Å². The van der Waals surface area contributed by atoms with E-state index in [0.29, 0.717) is 28.5 Å². The van der Waals surface area contributed by atoms with Gasteiger partial charge in [-0.05, 0) is 36.4 Å². The van der Waals surface area contributed by atoms with Gasteiger partial charge in [-0.3, -0.25) is 4.79 Å². The normalized spacial score (nSPS) is 11.4. The number of hydrogen-bond acceptors (Lipinski definition) is 4. The summed E-state index contributed by atoms with van der Waals surface area (Å²) >= 11 is 0. The fourth-order valence-electron chi connectivity index (χ4n) is 3.17. The molecule has 5 heteroatoms. The van der Waals surface area contributed by atoms with Gasteiger partial charge in [-0.25, -0.2) is 4.98 Å². The topological polar surface area (TPSA) is 64.2 Å². The summed E-state index contributed by atoms with van der Waals surface area (Å²) in [5, 5.41) is 0. The SMILES string of the molecule is COc1ccc(OC)c(/C=C(/C(=O)c2ccccc2)c2nc3ccccc3[nH]2)c1. The van der Waals surface area contributed by atoms with Gasteiger partial charge in [0, 0.05) is 11.1 Å². The molecule has 1 N–H and O–H groups in total. The number of carbonyl (C=O) groups is 1. The van der Waals surface area contributed by atoms with Crippen molar-refractivity contribution in [3.05, 3.63) is 89.7 Å². The molecule has 0 unspecified atom stereocenters. The Labute approximate surface area is 168 Å². The summed E-state index contributed by atoms with van der Waals surface area (Å²) < 4.78 is 10.8. The molecule has 0 spiro atoms. The number of Topliss-reactive ketones (excluding diaryl/α,β-unsaturated/α-hetero) is 1. The maximum absolute atomic E-state index is 13.4. The maximum atomic E-state index is 13.4. The van der Waals surface area contributed by atoms with Crippen molar-refractivity contribution >= 4 is 28.5 Å². The molecule has 1 aromatic heterocycles. The van der Waals surface area contributed by atoms with Crippen LogP contribution >= 0.6 is 0 Å². The average Bonchev–Trinajstić information content (AvgIpc) is 3.21. The molecule has 0 aliphatic carbocycles. The number of benzene rings is 3. The van der Waals surface area contributed by atoms with Crippen LogP contribution in [0.25, 0.3) is 22.7 Å². The van der Waals surface area contributed by atoms with Crippen LogP contribution in [0, 0.1) is 0 Å². The van der Waals surface area contributed by atoms with E-state index in [2.05, 4.69) is 9.97 Å². The molecule has 5 nitrogen and oxygen atoms in total. The second-order valence-electron chi connectivity index (χ2n) is 6.46. The third-order valence-electron chi connectivity index (χ3n) is 4.66. The number of carbonyl (C=O) groups excluding carboxylic acids is 1. The molecule has 144 valence electrons. The number of methoxy groups -OCH3 is 2. The van der Waals surface area contributed by atoms with Crippen molar-refractivity contribution in [1.82, 2.24) is 9.97 Å². The smallest absolute Gasteiger partial charge is 0.196 e. The molecule has 0 fully saturated rings. The number of para-hydroxylation sites is 2. The highest BCUT2D eigenvalue weighted by molar-refractivity contribution is 6.32. The molecule has 0 aliphatic rings. The lowest BCUT2D eigenvalue weighted by Gasteiger charge is -2.10. The largest absolute Gasteiger partial charge is 0.497 e. The summed E-state index contributed by atoms with van der Waals surface area (Å²) in [6, 6.07) is 22.3. The van der Waals surface area contributed by atoms with Crippen molar-refractivity contribution in [3.63, 3.8) is 0 Å². The molecule has 0 amide bonds. The fourth-order valence-corrected chi connectivity index (χ4v) is 3.17. The van der Waals surface area contributed by atoms with E-state index in [0.717, 1.165) is 16.6 Å². The summed E-state index contributed by atoms with van der Waals surface area (Å²) in [5.41, 5.74) is 3.42.